The fourth-order valence-electron chi connectivity index (χ4n) is 4.70. The van der Waals surface area contributed by atoms with E-state index in [0.717, 1.165) is 24.0 Å². The predicted molar refractivity (Wildman–Crippen MR) is 145 cm³/mol. The lowest BCUT2D eigenvalue weighted by Crippen LogP contribution is -2.53. The quantitative estimate of drug-likeness (QED) is 0.258. The Balaban J connectivity index is 1.73. The first-order valence-electron chi connectivity index (χ1n) is 14.2. The maximum atomic E-state index is 13.2. The largest absolute Gasteiger partial charge is 0.378 e. The summed E-state index contributed by atoms with van der Waals surface area (Å²) in [6.07, 6.45) is 13.4. The second-order valence-electron chi connectivity index (χ2n) is 9.75. The SMILES string of the molecule is CCCCCCCCCCCCC(=O)N1Cc2ccccc2CC1C(=O)NCCOCCOCCN. The summed E-state index contributed by atoms with van der Waals surface area (Å²) < 4.78 is 10.8. The molecule has 0 fully saturated rings. The van der Waals surface area contributed by atoms with Gasteiger partial charge < -0.3 is 25.4 Å². The number of benzene rings is 1. The van der Waals surface area contributed by atoms with Crippen LogP contribution in [0.1, 0.15) is 88.7 Å². The summed E-state index contributed by atoms with van der Waals surface area (Å²) in [6, 6.07) is 7.65. The molecule has 1 aliphatic rings. The average molecular weight is 504 g/mol. The molecule has 36 heavy (non-hydrogen) atoms. The number of carbonyl (C=O) groups excluding carboxylic acids is 2. The third kappa shape index (κ3) is 11.8. The predicted octanol–water partition coefficient (Wildman–Crippen LogP) is 4.36. The number of carbonyl (C=O) groups is 2. The fraction of sp³-hybridized carbons (Fsp3) is 0.724. The van der Waals surface area contributed by atoms with Gasteiger partial charge in [0, 0.05) is 32.5 Å². The van der Waals surface area contributed by atoms with Crippen molar-refractivity contribution in [1.82, 2.24) is 10.2 Å². The van der Waals surface area contributed by atoms with Crippen molar-refractivity contribution in [3.63, 3.8) is 0 Å². The average Bonchev–Trinajstić information content (AvgIpc) is 2.90. The van der Waals surface area contributed by atoms with Crippen LogP contribution in [0.25, 0.3) is 0 Å². The molecule has 0 aromatic heterocycles. The van der Waals surface area contributed by atoms with Gasteiger partial charge >= 0.3 is 0 Å². The highest BCUT2D eigenvalue weighted by molar-refractivity contribution is 5.88. The van der Waals surface area contributed by atoms with E-state index >= 15 is 0 Å². The van der Waals surface area contributed by atoms with Gasteiger partial charge in [0.15, 0.2) is 0 Å². The van der Waals surface area contributed by atoms with E-state index < -0.39 is 6.04 Å². The van der Waals surface area contributed by atoms with E-state index in [1.807, 2.05) is 12.1 Å². The number of amides is 2. The molecule has 2 rings (SSSR count). The third-order valence-electron chi connectivity index (χ3n) is 6.80. The van der Waals surface area contributed by atoms with E-state index in [2.05, 4.69) is 24.4 Å². The minimum Gasteiger partial charge on any atom is -0.378 e. The Morgan fingerprint density at radius 3 is 2.17 bits per heavy atom. The number of ether oxygens (including phenoxy) is 2. The fourth-order valence-corrected chi connectivity index (χ4v) is 4.70. The standard InChI is InChI=1S/C29H49N3O4/c1-2-3-4-5-6-7-8-9-10-11-16-28(33)32-24-26-15-13-12-14-25(26)23-27(32)29(34)31-18-20-36-22-21-35-19-17-30/h12-15,27H,2-11,16-24,30H2,1H3,(H,31,34). The van der Waals surface area contributed by atoms with E-state index in [1.54, 1.807) is 4.90 Å². The molecule has 1 unspecified atom stereocenters. The number of hydrogen-bond acceptors (Lipinski definition) is 5. The van der Waals surface area contributed by atoms with Gasteiger partial charge in [-0.1, -0.05) is 89.0 Å². The molecule has 7 heteroatoms. The van der Waals surface area contributed by atoms with Gasteiger partial charge in [-0.15, -0.1) is 0 Å². The summed E-state index contributed by atoms with van der Waals surface area (Å²) in [5.74, 6) is -0.0265. The van der Waals surface area contributed by atoms with E-state index in [0.29, 0.717) is 58.9 Å². The Kier molecular flexibility index (Phi) is 16.1. The molecule has 3 N–H and O–H groups in total. The lowest BCUT2D eigenvalue weighted by Gasteiger charge is -2.36. The highest BCUT2D eigenvalue weighted by Crippen LogP contribution is 2.25. The van der Waals surface area contributed by atoms with Gasteiger partial charge in [0.2, 0.25) is 11.8 Å². The van der Waals surface area contributed by atoms with Crippen LogP contribution in [-0.4, -0.2) is 62.3 Å². The second-order valence-corrected chi connectivity index (χ2v) is 9.75. The van der Waals surface area contributed by atoms with Crippen LogP contribution in [0, 0.1) is 0 Å². The van der Waals surface area contributed by atoms with Crippen molar-refractivity contribution in [2.45, 2.75) is 96.6 Å². The first-order chi connectivity index (χ1) is 17.7. The zero-order valence-electron chi connectivity index (χ0n) is 22.5. The molecule has 204 valence electrons. The molecule has 1 atom stereocenters. The lowest BCUT2D eigenvalue weighted by molar-refractivity contribution is -0.142. The van der Waals surface area contributed by atoms with E-state index in [-0.39, 0.29) is 11.8 Å². The number of fused-ring (bicyclic) bond motifs is 1. The smallest absolute Gasteiger partial charge is 0.243 e. The van der Waals surface area contributed by atoms with E-state index in [1.165, 1.54) is 51.4 Å². The van der Waals surface area contributed by atoms with Crippen molar-refractivity contribution < 1.29 is 19.1 Å². The van der Waals surface area contributed by atoms with Crippen LogP contribution in [-0.2, 0) is 32.0 Å². The first-order valence-corrected chi connectivity index (χ1v) is 14.2. The second kappa shape index (κ2) is 19.2. The monoisotopic (exact) mass is 503 g/mol. The van der Waals surface area contributed by atoms with Crippen molar-refractivity contribution in [3.05, 3.63) is 35.4 Å². The first kappa shape index (κ1) is 30.3. The van der Waals surface area contributed by atoms with Crippen LogP contribution in [0.2, 0.25) is 0 Å². The minimum atomic E-state index is -0.469. The highest BCUT2D eigenvalue weighted by atomic mass is 16.5. The van der Waals surface area contributed by atoms with Gasteiger partial charge in [0.25, 0.3) is 0 Å². The Morgan fingerprint density at radius 2 is 1.50 bits per heavy atom. The molecule has 1 aromatic rings. The normalized spacial score (nSPS) is 15.1. The Hall–Kier alpha value is -1.96. The maximum Gasteiger partial charge on any atom is 0.243 e. The molecule has 0 bridgehead atoms. The molecule has 0 saturated carbocycles. The summed E-state index contributed by atoms with van der Waals surface area (Å²) in [5, 5.41) is 2.96. The van der Waals surface area contributed by atoms with Crippen LogP contribution < -0.4 is 11.1 Å². The molecule has 7 nitrogen and oxygen atoms in total. The topological polar surface area (TPSA) is 93.9 Å². The van der Waals surface area contributed by atoms with Crippen molar-refractivity contribution in [1.29, 1.82) is 0 Å². The number of nitrogens with zero attached hydrogens (tertiary/aromatic N) is 1. The molecular weight excluding hydrogens is 454 g/mol. The number of hydrogen-bond donors (Lipinski definition) is 2. The van der Waals surface area contributed by atoms with E-state index in [4.69, 9.17) is 15.2 Å². The van der Waals surface area contributed by atoms with Crippen LogP contribution in [0.3, 0.4) is 0 Å². The Labute approximate surface area is 218 Å². The molecule has 0 aliphatic carbocycles. The van der Waals surface area contributed by atoms with Gasteiger partial charge in [-0.05, 0) is 17.5 Å². The molecular formula is C29H49N3O4. The van der Waals surface area contributed by atoms with Gasteiger partial charge in [0.05, 0.1) is 26.4 Å². The summed E-state index contributed by atoms with van der Waals surface area (Å²) in [6.45, 7) is 5.54. The van der Waals surface area contributed by atoms with Crippen molar-refractivity contribution in [2.24, 2.45) is 5.73 Å². The maximum absolute atomic E-state index is 13.2. The number of nitrogens with one attached hydrogen (secondary N) is 1. The molecule has 0 spiro atoms. The molecule has 1 heterocycles. The van der Waals surface area contributed by atoms with Gasteiger partial charge in [-0.3, -0.25) is 9.59 Å². The zero-order chi connectivity index (χ0) is 25.8. The van der Waals surface area contributed by atoms with E-state index in [9.17, 15) is 9.59 Å². The van der Waals surface area contributed by atoms with Crippen LogP contribution in [0.15, 0.2) is 24.3 Å². The molecule has 1 aliphatic heterocycles. The van der Waals surface area contributed by atoms with Crippen LogP contribution in [0.4, 0.5) is 0 Å². The lowest BCUT2D eigenvalue weighted by atomic mass is 9.93. The van der Waals surface area contributed by atoms with Crippen LogP contribution in [0.5, 0.6) is 0 Å². The molecule has 0 saturated heterocycles. The highest BCUT2D eigenvalue weighted by Gasteiger charge is 2.33. The number of nitrogens with two attached hydrogens (primary N) is 1. The summed E-state index contributed by atoms with van der Waals surface area (Å²) in [7, 11) is 0. The van der Waals surface area contributed by atoms with Gasteiger partial charge in [-0.25, -0.2) is 0 Å². The van der Waals surface area contributed by atoms with Crippen molar-refractivity contribution >= 4 is 11.8 Å². The molecule has 1 aromatic carbocycles. The van der Waals surface area contributed by atoms with Crippen molar-refractivity contribution in [3.8, 4) is 0 Å². The third-order valence-corrected chi connectivity index (χ3v) is 6.80. The zero-order valence-corrected chi connectivity index (χ0v) is 22.5. The summed E-state index contributed by atoms with van der Waals surface area (Å²) in [4.78, 5) is 28.0. The van der Waals surface area contributed by atoms with Gasteiger partial charge in [-0.2, -0.15) is 0 Å². The minimum absolute atomic E-state index is 0.0810. The van der Waals surface area contributed by atoms with Crippen molar-refractivity contribution in [2.75, 3.05) is 39.5 Å². The number of unbranched alkanes of at least 4 members (excludes halogenated alkanes) is 9. The Bertz CT molecular complexity index is 743. The number of rotatable bonds is 20. The summed E-state index contributed by atoms with van der Waals surface area (Å²) in [5.41, 5.74) is 7.67. The molecule has 2 amide bonds. The van der Waals surface area contributed by atoms with Crippen LogP contribution >= 0.6 is 0 Å². The Morgan fingerprint density at radius 1 is 0.889 bits per heavy atom. The van der Waals surface area contributed by atoms with Gasteiger partial charge in [0.1, 0.15) is 6.04 Å². The summed E-state index contributed by atoms with van der Waals surface area (Å²) >= 11 is 0. The molecule has 0 radical (unpaired) electrons.